The van der Waals surface area contributed by atoms with E-state index in [9.17, 15) is 15.0 Å². The number of carbonyl (C=O) groups is 1. The number of hydrogen-bond acceptors (Lipinski definition) is 10. The fourth-order valence-corrected chi connectivity index (χ4v) is 7.43. The monoisotopic (exact) mass is 802 g/mol. The molecule has 0 saturated carbocycles. The molecule has 2 atom stereocenters. The summed E-state index contributed by atoms with van der Waals surface area (Å²) < 4.78 is 12.3. The third-order valence-corrected chi connectivity index (χ3v) is 11.6. The molecule has 13 heteroatoms. The Morgan fingerprint density at radius 2 is 1.19 bits per heavy atom. The smallest absolute Gasteiger partial charge is 0.268 e. The highest BCUT2D eigenvalue weighted by Crippen LogP contribution is 2.45. The van der Waals surface area contributed by atoms with Crippen LogP contribution in [0.25, 0.3) is 22.5 Å². The van der Waals surface area contributed by atoms with E-state index in [1.165, 1.54) is 0 Å². The second-order valence-corrected chi connectivity index (χ2v) is 15.8. The van der Waals surface area contributed by atoms with Crippen LogP contribution in [0.3, 0.4) is 0 Å². The minimum absolute atomic E-state index is 0.144. The van der Waals surface area contributed by atoms with Crippen LogP contribution >= 0.6 is 0 Å². The Labute approximate surface area is 344 Å². The molecule has 0 saturated heterocycles. The number of rotatable bonds is 6. The molecule has 0 radical (unpaired) electrons. The van der Waals surface area contributed by atoms with Gasteiger partial charge in [0.05, 0.1) is 11.4 Å². The van der Waals surface area contributed by atoms with Gasteiger partial charge in [-0.25, -0.2) is 4.89 Å². The van der Waals surface area contributed by atoms with E-state index in [4.69, 9.17) is 20.5 Å². The van der Waals surface area contributed by atoms with Crippen molar-refractivity contribution in [3.8, 4) is 45.5 Å². The van der Waals surface area contributed by atoms with E-state index < -0.39 is 11.2 Å². The number of aromatic hydroxyl groups is 2. The lowest BCUT2D eigenvalue weighted by atomic mass is 9.86. The number of amides is 1. The number of nitrogen functional groups attached to an aromatic ring is 1. The number of aromatic amines is 2. The van der Waals surface area contributed by atoms with Crippen molar-refractivity contribution in [3.63, 3.8) is 0 Å². The van der Waals surface area contributed by atoms with Gasteiger partial charge in [-0.1, -0.05) is 24.3 Å². The fraction of sp³-hybridized carbons (Fsp3) is 0.326. The zero-order valence-electron chi connectivity index (χ0n) is 34.9. The van der Waals surface area contributed by atoms with Crippen LogP contribution in [0.15, 0.2) is 73.1 Å². The third-order valence-electron chi connectivity index (χ3n) is 11.6. The average Bonchev–Trinajstić information content (AvgIpc) is 3.98. The lowest BCUT2D eigenvalue weighted by Gasteiger charge is -2.36. The second-order valence-electron chi connectivity index (χ2n) is 15.8. The summed E-state index contributed by atoms with van der Waals surface area (Å²) in [6.45, 7) is 15.3. The molecule has 0 bridgehead atoms. The van der Waals surface area contributed by atoms with Crippen LogP contribution in [0, 0.1) is 41.5 Å². The lowest BCUT2D eigenvalue weighted by molar-refractivity contribution is -0.268. The van der Waals surface area contributed by atoms with E-state index in [2.05, 4.69) is 30.6 Å². The maximum absolute atomic E-state index is 13.1. The summed E-state index contributed by atoms with van der Waals surface area (Å²) in [6.07, 6.45) is 6.22. The van der Waals surface area contributed by atoms with E-state index in [0.717, 1.165) is 97.1 Å². The summed E-state index contributed by atoms with van der Waals surface area (Å²) in [6, 6.07) is 19.1. The lowest BCUT2D eigenvalue weighted by Crippen LogP contribution is -2.48. The van der Waals surface area contributed by atoms with Gasteiger partial charge in [-0.3, -0.25) is 20.2 Å². The summed E-state index contributed by atoms with van der Waals surface area (Å²) >= 11 is 0. The maximum Gasteiger partial charge on any atom is 0.268 e. The van der Waals surface area contributed by atoms with Gasteiger partial charge >= 0.3 is 0 Å². The maximum atomic E-state index is 13.1. The van der Waals surface area contributed by atoms with Crippen LogP contribution in [0.5, 0.6) is 23.0 Å². The highest BCUT2D eigenvalue weighted by atomic mass is 17.1. The van der Waals surface area contributed by atoms with E-state index in [1.54, 1.807) is 12.4 Å². The van der Waals surface area contributed by atoms with Crippen molar-refractivity contribution in [3.05, 3.63) is 118 Å². The molecule has 8 rings (SSSR count). The van der Waals surface area contributed by atoms with Gasteiger partial charge in [0.25, 0.3) is 5.91 Å². The Morgan fingerprint density at radius 3 is 1.66 bits per heavy atom. The zero-order valence-corrected chi connectivity index (χ0v) is 34.9. The van der Waals surface area contributed by atoms with Crippen LogP contribution in [-0.4, -0.2) is 59.6 Å². The molecule has 8 N–H and O–H groups in total. The molecule has 2 aromatic heterocycles. The number of phenolic OH excluding ortho intramolecular Hbond substituents is 2. The Hall–Kier alpha value is -6.31. The molecule has 13 nitrogen and oxygen atoms in total. The fourth-order valence-electron chi connectivity index (χ4n) is 7.43. The summed E-state index contributed by atoms with van der Waals surface area (Å²) in [5.41, 5.74) is 16.8. The first kappa shape index (κ1) is 42.3. The number of hydrogen-bond donors (Lipinski definition) is 7. The molecule has 59 heavy (non-hydrogen) atoms. The van der Waals surface area contributed by atoms with Crippen LogP contribution < -0.4 is 20.5 Å². The molecule has 2 aliphatic heterocycles. The van der Waals surface area contributed by atoms with E-state index in [-0.39, 0.29) is 12.5 Å². The zero-order chi connectivity index (χ0) is 42.6. The number of nitrogens with zero attached hydrogens (tertiary/aromatic N) is 2. The van der Waals surface area contributed by atoms with Gasteiger partial charge in [-0.15, -0.1) is 0 Å². The molecule has 0 aliphatic carbocycles. The number of phenols is 2. The van der Waals surface area contributed by atoms with Crippen LogP contribution in [0.1, 0.15) is 71.2 Å². The van der Waals surface area contributed by atoms with Crippen LogP contribution in [-0.2, 0) is 22.5 Å². The van der Waals surface area contributed by atoms with Crippen molar-refractivity contribution >= 4 is 17.3 Å². The number of H-pyrrole nitrogens is 2. The van der Waals surface area contributed by atoms with E-state index >= 15 is 0 Å². The number of nitrogens with two attached hydrogens (primary N) is 1. The standard InChI is InChI=1S/C23H25N3O3.C14H20O4.C9H9N3/c1-13-14(2)21-18(15(3)20(13)27)9-11-23(4,29-21)22(28)25-17-7-5-16(6-8-17)19-10-12-24-26-19;1-8-9(2)13-11(10(3)12(8)15)5-6-14(4,18-13)7-17-16;10-8-3-1-7(2-4-8)9-5-6-11-12-9/h5-8,10,12,27H,9,11H2,1-4H3,(H,24,26)(H,25,28);15-16H,5-7H2,1-4H3;1-6H,10H2,(H,11,12). The molecule has 310 valence electrons. The second kappa shape index (κ2) is 17.3. The summed E-state index contributed by atoms with van der Waals surface area (Å²) in [4.78, 5) is 17.3. The van der Waals surface area contributed by atoms with Crippen molar-refractivity contribution < 1.29 is 34.6 Å². The van der Waals surface area contributed by atoms with Gasteiger partial charge in [0, 0.05) is 41.3 Å². The molecule has 0 spiro atoms. The minimum atomic E-state index is -0.977. The molecular weight excluding hydrogens is 749 g/mol. The van der Waals surface area contributed by atoms with Crippen molar-refractivity contribution in [1.82, 2.24) is 20.4 Å². The Balaban J connectivity index is 0.000000165. The Bertz CT molecular complexity index is 2410. The van der Waals surface area contributed by atoms with Gasteiger partial charge in [-0.05, 0) is 156 Å². The topological polar surface area (TPSA) is 201 Å². The molecular formula is C46H54N6O7. The van der Waals surface area contributed by atoms with Crippen molar-refractivity contribution in [2.75, 3.05) is 17.7 Å². The summed E-state index contributed by atoms with van der Waals surface area (Å²) in [5.74, 6) is 2.04. The van der Waals surface area contributed by atoms with Crippen molar-refractivity contribution in [2.45, 2.75) is 92.3 Å². The molecule has 2 unspecified atom stereocenters. The van der Waals surface area contributed by atoms with Crippen LogP contribution in [0.4, 0.5) is 11.4 Å². The molecule has 6 aromatic rings. The van der Waals surface area contributed by atoms with Gasteiger partial charge in [0.2, 0.25) is 0 Å². The number of aromatic nitrogens is 4. The van der Waals surface area contributed by atoms with Gasteiger partial charge in [0.15, 0.2) is 5.60 Å². The molecule has 0 fully saturated rings. The van der Waals surface area contributed by atoms with Crippen LogP contribution in [0.2, 0.25) is 0 Å². The predicted molar refractivity (Wildman–Crippen MR) is 229 cm³/mol. The van der Waals surface area contributed by atoms with E-state index in [1.807, 2.05) is 116 Å². The normalized spacial score (nSPS) is 17.8. The Kier molecular flexibility index (Phi) is 12.4. The van der Waals surface area contributed by atoms with Gasteiger partial charge < -0.3 is 30.7 Å². The molecule has 1 amide bonds. The predicted octanol–water partition coefficient (Wildman–Crippen LogP) is 8.98. The first-order chi connectivity index (χ1) is 28.1. The Morgan fingerprint density at radius 1 is 0.712 bits per heavy atom. The quantitative estimate of drug-likeness (QED) is 0.0484. The first-order valence-corrected chi connectivity index (χ1v) is 19.6. The number of fused-ring (bicyclic) bond motifs is 2. The molecule has 2 aliphatic rings. The largest absolute Gasteiger partial charge is 0.507 e. The number of benzene rings is 4. The van der Waals surface area contributed by atoms with Crippen molar-refractivity contribution in [1.29, 1.82) is 0 Å². The highest BCUT2D eigenvalue weighted by molar-refractivity contribution is 5.97. The summed E-state index contributed by atoms with van der Waals surface area (Å²) in [7, 11) is 0. The van der Waals surface area contributed by atoms with E-state index in [0.29, 0.717) is 30.0 Å². The number of anilines is 2. The third kappa shape index (κ3) is 8.91. The first-order valence-electron chi connectivity index (χ1n) is 19.6. The van der Waals surface area contributed by atoms with Gasteiger partial charge in [0.1, 0.15) is 35.2 Å². The number of nitrogens with one attached hydrogen (secondary N) is 3. The average molecular weight is 803 g/mol. The highest BCUT2D eigenvalue weighted by Gasteiger charge is 2.41. The SMILES string of the molecule is Cc1c(C)c2c(c(C)c1O)CCC(C)(C(=O)Nc1ccc(-c3ccn[nH]3)cc1)O2.Cc1c(C)c2c(c(C)c1O)CCC(C)(COO)O2.Nc1ccc(-c2ccn[nH]2)cc1. The summed E-state index contributed by atoms with van der Waals surface area (Å²) in [5, 5.41) is 45.6. The minimum Gasteiger partial charge on any atom is -0.507 e. The molecule has 4 heterocycles. The molecule has 4 aromatic carbocycles. The van der Waals surface area contributed by atoms with Gasteiger partial charge in [-0.2, -0.15) is 10.2 Å². The number of ether oxygens (including phenoxy) is 2. The van der Waals surface area contributed by atoms with Crippen molar-refractivity contribution in [2.24, 2.45) is 0 Å². The number of carbonyl (C=O) groups excluding carboxylic acids is 1.